The van der Waals surface area contributed by atoms with Crippen molar-refractivity contribution in [3.63, 3.8) is 0 Å². The second-order valence-electron chi connectivity index (χ2n) is 6.32. The molecule has 1 aliphatic rings. The molecule has 1 saturated heterocycles. The van der Waals surface area contributed by atoms with Gasteiger partial charge in [0.2, 0.25) is 10.0 Å². The number of piperazine rings is 1. The summed E-state index contributed by atoms with van der Waals surface area (Å²) in [6.45, 7) is 1.73. The van der Waals surface area contributed by atoms with E-state index in [1.54, 1.807) is 16.4 Å². The zero-order valence-corrected chi connectivity index (χ0v) is 16.1. The van der Waals surface area contributed by atoms with Gasteiger partial charge in [-0.1, -0.05) is 30.3 Å². The number of sulfonamides is 1. The van der Waals surface area contributed by atoms with Crippen molar-refractivity contribution in [1.82, 2.24) is 9.21 Å². The van der Waals surface area contributed by atoms with Crippen LogP contribution in [-0.2, 0) is 10.0 Å². The summed E-state index contributed by atoms with van der Waals surface area (Å²) in [6, 6.07) is 14.3. The van der Waals surface area contributed by atoms with E-state index in [-0.39, 0.29) is 10.9 Å². The molecule has 0 spiro atoms. The maximum absolute atomic E-state index is 13.5. The predicted octanol–water partition coefficient (Wildman–Crippen LogP) is 2.38. The van der Waals surface area contributed by atoms with Crippen LogP contribution < -0.4 is 9.47 Å². The highest BCUT2D eigenvalue weighted by atomic mass is 32.2. The monoisotopic (exact) mass is 376 g/mol. The molecule has 140 valence electrons. The van der Waals surface area contributed by atoms with E-state index < -0.39 is 10.0 Å². The lowest BCUT2D eigenvalue weighted by atomic mass is 10.1. The van der Waals surface area contributed by atoms with Gasteiger partial charge >= 0.3 is 0 Å². The number of hydrogen-bond donors (Lipinski definition) is 0. The lowest BCUT2D eigenvalue weighted by Gasteiger charge is -2.39. The summed E-state index contributed by atoms with van der Waals surface area (Å²) in [4.78, 5) is 2.27. The SMILES string of the molecule is COc1ccc(OC)c(S(=O)(=O)N2CCN(C)C[C@H]2c2ccccc2)c1. The van der Waals surface area contributed by atoms with Gasteiger partial charge in [0.25, 0.3) is 0 Å². The maximum atomic E-state index is 13.5. The largest absolute Gasteiger partial charge is 0.497 e. The lowest BCUT2D eigenvalue weighted by Crippen LogP contribution is -2.49. The topological polar surface area (TPSA) is 59.1 Å². The molecule has 7 heteroatoms. The molecule has 0 radical (unpaired) electrons. The molecular formula is C19H24N2O4S. The minimum absolute atomic E-state index is 0.129. The summed E-state index contributed by atoms with van der Waals surface area (Å²) < 4.78 is 39.1. The van der Waals surface area contributed by atoms with E-state index >= 15 is 0 Å². The van der Waals surface area contributed by atoms with Crippen LogP contribution in [0.5, 0.6) is 11.5 Å². The van der Waals surface area contributed by atoms with Gasteiger partial charge in [0, 0.05) is 25.7 Å². The number of benzene rings is 2. The van der Waals surface area contributed by atoms with Crippen LogP contribution in [0.3, 0.4) is 0 Å². The van der Waals surface area contributed by atoms with Crippen molar-refractivity contribution in [2.45, 2.75) is 10.9 Å². The zero-order chi connectivity index (χ0) is 18.7. The van der Waals surface area contributed by atoms with Crippen molar-refractivity contribution in [2.75, 3.05) is 40.9 Å². The summed E-state index contributed by atoms with van der Waals surface area (Å²) in [5.74, 6) is 0.798. The van der Waals surface area contributed by atoms with E-state index in [1.165, 1.54) is 20.3 Å². The second kappa shape index (κ2) is 7.65. The molecule has 26 heavy (non-hydrogen) atoms. The highest BCUT2D eigenvalue weighted by Gasteiger charge is 2.37. The number of methoxy groups -OCH3 is 2. The predicted molar refractivity (Wildman–Crippen MR) is 100 cm³/mol. The van der Waals surface area contributed by atoms with Gasteiger partial charge in [-0.15, -0.1) is 0 Å². The molecule has 0 bridgehead atoms. The van der Waals surface area contributed by atoms with Gasteiger partial charge in [-0.2, -0.15) is 4.31 Å². The molecule has 0 unspecified atom stereocenters. The van der Waals surface area contributed by atoms with Crippen LogP contribution in [-0.4, -0.2) is 58.5 Å². The molecular weight excluding hydrogens is 352 g/mol. The molecule has 6 nitrogen and oxygen atoms in total. The standard InChI is InChI=1S/C19H24N2O4S/c1-20-11-12-21(17(14-20)15-7-5-4-6-8-15)26(22,23)19-13-16(24-2)9-10-18(19)25-3/h4-10,13,17H,11-12,14H2,1-3H3/t17-/m0/s1. The first-order valence-electron chi connectivity index (χ1n) is 8.44. The summed E-state index contributed by atoms with van der Waals surface area (Å²) in [5.41, 5.74) is 0.976. The maximum Gasteiger partial charge on any atom is 0.247 e. The van der Waals surface area contributed by atoms with Gasteiger partial charge in [-0.25, -0.2) is 8.42 Å². The first kappa shape index (κ1) is 18.7. The normalized spacial score (nSPS) is 19.3. The van der Waals surface area contributed by atoms with E-state index in [0.29, 0.717) is 31.1 Å². The van der Waals surface area contributed by atoms with Crippen LogP contribution in [0, 0.1) is 0 Å². The Balaban J connectivity index is 2.07. The fourth-order valence-corrected chi connectivity index (χ4v) is 5.02. The Hall–Kier alpha value is -2.09. The Labute approximate surface area is 155 Å². The minimum Gasteiger partial charge on any atom is -0.497 e. The number of ether oxygens (including phenoxy) is 2. The fourth-order valence-electron chi connectivity index (χ4n) is 3.25. The van der Waals surface area contributed by atoms with E-state index in [9.17, 15) is 8.42 Å². The van der Waals surface area contributed by atoms with Crippen molar-refractivity contribution in [3.05, 3.63) is 54.1 Å². The second-order valence-corrected chi connectivity index (χ2v) is 8.18. The number of rotatable bonds is 5. The number of hydrogen-bond acceptors (Lipinski definition) is 5. The van der Waals surface area contributed by atoms with E-state index in [0.717, 1.165) is 5.56 Å². The van der Waals surface area contributed by atoms with Crippen LogP contribution in [0.25, 0.3) is 0 Å². The molecule has 2 aromatic carbocycles. The van der Waals surface area contributed by atoms with Crippen LogP contribution in [0.15, 0.2) is 53.4 Å². The Morgan fingerprint density at radius 2 is 1.73 bits per heavy atom. The Morgan fingerprint density at radius 1 is 1.00 bits per heavy atom. The summed E-state index contributed by atoms with van der Waals surface area (Å²) in [5, 5.41) is 0. The zero-order valence-electron chi connectivity index (χ0n) is 15.3. The molecule has 0 N–H and O–H groups in total. The van der Waals surface area contributed by atoms with E-state index in [4.69, 9.17) is 9.47 Å². The van der Waals surface area contributed by atoms with Gasteiger partial charge in [-0.05, 0) is 24.7 Å². The third kappa shape index (κ3) is 3.56. The minimum atomic E-state index is -3.76. The first-order valence-corrected chi connectivity index (χ1v) is 9.88. The quantitative estimate of drug-likeness (QED) is 0.802. The summed E-state index contributed by atoms with van der Waals surface area (Å²) in [7, 11) is 1.24. The molecule has 2 aromatic rings. The lowest BCUT2D eigenvalue weighted by molar-refractivity contribution is 0.160. The van der Waals surface area contributed by atoms with Crippen molar-refractivity contribution >= 4 is 10.0 Å². The number of nitrogens with zero attached hydrogens (tertiary/aromatic N) is 2. The Kier molecular flexibility index (Phi) is 5.50. The van der Waals surface area contributed by atoms with Crippen LogP contribution in [0.4, 0.5) is 0 Å². The molecule has 3 rings (SSSR count). The highest BCUT2D eigenvalue weighted by molar-refractivity contribution is 7.89. The van der Waals surface area contributed by atoms with E-state index in [2.05, 4.69) is 4.90 Å². The van der Waals surface area contributed by atoms with Crippen molar-refractivity contribution < 1.29 is 17.9 Å². The van der Waals surface area contributed by atoms with Gasteiger partial charge in [-0.3, -0.25) is 0 Å². The number of likely N-dealkylation sites (N-methyl/N-ethyl adjacent to an activating group) is 1. The van der Waals surface area contributed by atoms with Crippen molar-refractivity contribution in [2.24, 2.45) is 0 Å². The van der Waals surface area contributed by atoms with Crippen molar-refractivity contribution in [1.29, 1.82) is 0 Å². The van der Waals surface area contributed by atoms with Crippen LogP contribution in [0.2, 0.25) is 0 Å². The van der Waals surface area contributed by atoms with Crippen LogP contribution >= 0.6 is 0 Å². The fraction of sp³-hybridized carbons (Fsp3) is 0.368. The van der Waals surface area contributed by atoms with Gasteiger partial charge < -0.3 is 14.4 Å². The molecule has 0 aromatic heterocycles. The van der Waals surface area contributed by atoms with E-state index in [1.807, 2.05) is 37.4 Å². The molecule has 0 amide bonds. The molecule has 0 aliphatic carbocycles. The highest BCUT2D eigenvalue weighted by Crippen LogP contribution is 2.36. The summed E-state index contributed by atoms with van der Waals surface area (Å²) >= 11 is 0. The average Bonchev–Trinajstić information content (AvgIpc) is 2.67. The van der Waals surface area contributed by atoms with Crippen molar-refractivity contribution in [3.8, 4) is 11.5 Å². The Morgan fingerprint density at radius 3 is 2.38 bits per heavy atom. The Bertz CT molecular complexity index is 855. The molecule has 1 heterocycles. The van der Waals surface area contributed by atoms with Gasteiger partial charge in [0.05, 0.1) is 20.3 Å². The molecule has 1 fully saturated rings. The third-order valence-electron chi connectivity index (χ3n) is 4.68. The first-order chi connectivity index (χ1) is 12.5. The molecule has 1 aliphatic heterocycles. The third-order valence-corrected chi connectivity index (χ3v) is 6.61. The summed E-state index contributed by atoms with van der Waals surface area (Å²) in [6.07, 6.45) is 0. The molecule has 1 atom stereocenters. The smallest absolute Gasteiger partial charge is 0.247 e. The molecule has 0 saturated carbocycles. The van der Waals surface area contributed by atoms with Crippen LogP contribution in [0.1, 0.15) is 11.6 Å². The van der Waals surface area contributed by atoms with Gasteiger partial charge in [0.15, 0.2) is 0 Å². The van der Waals surface area contributed by atoms with Gasteiger partial charge in [0.1, 0.15) is 16.4 Å². The average molecular weight is 376 g/mol.